The number of rotatable bonds is 10. The average Bonchev–Trinajstić information content (AvgIpc) is 2.94. The number of carbonyl (C=O) groups excluding carboxylic acids is 3. The second kappa shape index (κ2) is 14.7. The van der Waals surface area contributed by atoms with Crippen LogP contribution >= 0.6 is 34.8 Å². The summed E-state index contributed by atoms with van der Waals surface area (Å²) in [5, 5.41) is 9.67. The summed E-state index contributed by atoms with van der Waals surface area (Å²) in [6, 6.07) is 16.0. The number of nitrogens with one attached hydrogen (secondary N) is 3. The first kappa shape index (κ1) is 30.8. The van der Waals surface area contributed by atoms with Gasteiger partial charge in [0.15, 0.2) is 0 Å². The van der Waals surface area contributed by atoms with Crippen LogP contribution in [-0.2, 0) is 16.0 Å². The van der Waals surface area contributed by atoms with Crippen molar-refractivity contribution in [3.63, 3.8) is 0 Å². The number of hydrogen-bond donors (Lipinski definition) is 3. The number of esters is 1. The highest BCUT2D eigenvalue weighted by molar-refractivity contribution is 6.40. The number of halogens is 3. The number of aryl methyl sites for hydroxylation is 1. The number of anilines is 1. The van der Waals surface area contributed by atoms with Crippen LogP contribution < -0.4 is 16.0 Å². The highest BCUT2D eigenvalue weighted by Crippen LogP contribution is 2.25. The van der Waals surface area contributed by atoms with E-state index in [0.29, 0.717) is 28.4 Å². The minimum Gasteiger partial charge on any atom is -0.463 e. The lowest BCUT2D eigenvalue weighted by molar-refractivity contribution is -0.146. The summed E-state index contributed by atoms with van der Waals surface area (Å²) < 4.78 is 5.59. The van der Waals surface area contributed by atoms with E-state index < -0.39 is 23.8 Å². The smallest absolute Gasteiger partial charge is 0.329 e. The molecule has 2 amide bonds. The average molecular weight is 618 g/mol. The lowest BCUT2D eigenvalue weighted by atomic mass is 10.0. The molecule has 3 N–H and O–H groups in total. The van der Waals surface area contributed by atoms with Gasteiger partial charge < -0.3 is 20.7 Å². The summed E-state index contributed by atoms with van der Waals surface area (Å²) in [4.78, 5) is 41.3. The summed E-state index contributed by atoms with van der Waals surface area (Å²) in [6.45, 7) is 6.17. The highest BCUT2D eigenvalue weighted by atomic mass is 35.5. The quantitative estimate of drug-likeness (QED) is 0.277. The molecule has 0 bridgehead atoms. The van der Waals surface area contributed by atoms with Crippen LogP contribution in [0.2, 0.25) is 15.1 Å². The maximum atomic E-state index is 13.2. The molecule has 0 radical (unpaired) electrons. The Labute approximate surface area is 254 Å². The Morgan fingerprint density at radius 1 is 0.878 bits per heavy atom. The SMILES string of the molecule is Cc1cccc(Cl)c1C(=O)N[C@@H](Cc1ccc(NC(=O)c2c(Cl)cccc2Cl)cc1)C(=O)OCCN1CCNCC1. The minimum absolute atomic E-state index is 0.173. The van der Waals surface area contributed by atoms with Crippen LogP contribution in [0.15, 0.2) is 60.7 Å². The van der Waals surface area contributed by atoms with Gasteiger partial charge in [-0.05, 0) is 48.4 Å². The van der Waals surface area contributed by atoms with Gasteiger partial charge in [0.25, 0.3) is 11.8 Å². The molecule has 1 aliphatic heterocycles. The van der Waals surface area contributed by atoms with Crippen LogP contribution in [0.25, 0.3) is 0 Å². The summed E-state index contributed by atoms with van der Waals surface area (Å²) in [5.41, 5.74) is 2.45. The van der Waals surface area contributed by atoms with Gasteiger partial charge in [-0.1, -0.05) is 65.1 Å². The van der Waals surface area contributed by atoms with Crippen molar-refractivity contribution < 1.29 is 19.1 Å². The van der Waals surface area contributed by atoms with E-state index in [1.807, 2.05) is 0 Å². The van der Waals surface area contributed by atoms with E-state index in [1.165, 1.54) is 0 Å². The van der Waals surface area contributed by atoms with Gasteiger partial charge in [-0.3, -0.25) is 14.5 Å². The standard InChI is InChI=1S/C30H31Cl3N4O4/c1-19-4-2-5-22(31)26(19)28(38)36-25(30(40)41-17-16-37-14-12-34-13-15-37)18-20-8-10-21(11-9-20)35-29(39)27-23(32)6-3-7-24(27)33/h2-11,25,34H,12-18H2,1H3,(H,35,39)(H,36,38)/t25-/m0/s1. The number of ether oxygens (including phenoxy) is 1. The zero-order chi connectivity index (χ0) is 29.4. The molecular weight excluding hydrogens is 587 g/mol. The third-order valence-electron chi connectivity index (χ3n) is 6.74. The molecule has 41 heavy (non-hydrogen) atoms. The molecule has 11 heteroatoms. The van der Waals surface area contributed by atoms with Crippen molar-refractivity contribution >= 4 is 58.3 Å². The topological polar surface area (TPSA) is 99.8 Å². The van der Waals surface area contributed by atoms with E-state index in [9.17, 15) is 14.4 Å². The molecule has 0 saturated carbocycles. The third kappa shape index (κ3) is 8.44. The van der Waals surface area contributed by atoms with Crippen LogP contribution in [0.1, 0.15) is 31.8 Å². The number of amides is 2. The number of piperazine rings is 1. The number of benzene rings is 3. The Hall–Kier alpha value is -3.14. The van der Waals surface area contributed by atoms with Crippen LogP contribution in [0.5, 0.6) is 0 Å². The van der Waals surface area contributed by atoms with Crippen molar-refractivity contribution in [1.29, 1.82) is 0 Å². The van der Waals surface area contributed by atoms with E-state index in [0.717, 1.165) is 31.7 Å². The molecule has 0 spiro atoms. The predicted octanol–water partition coefficient (Wildman–Crippen LogP) is 5.00. The molecule has 1 heterocycles. The van der Waals surface area contributed by atoms with E-state index in [4.69, 9.17) is 39.5 Å². The first-order valence-corrected chi connectivity index (χ1v) is 14.4. The van der Waals surface area contributed by atoms with Gasteiger partial charge >= 0.3 is 5.97 Å². The Kier molecular flexibility index (Phi) is 11.0. The molecule has 3 aromatic rings. The van der Waals surface area contributed by atoms with Crippen molar-refractivity contribution in [1.82, 2.24) is 15.5 Å². The largest absolute Gasteiger partial charge is 0.463 e. The van der Waals surface area contributed by atoms with Gasteiger partial charge in [0.1, 0.15) is 12.6 Å². The normalized spacial score (nSPS) is 14.2. The second-order valence-electron chi connectivity index (χ2n) is 9.67. The molecular formula is C30H31Cl3N4O4. The summed E-state index contributed by atoms with van der Waals surface area (Å²) in [5.74, 6) is -1.44. The molecule has 0 aliphatic carbocycles. The van der Waals surface area contributed by atoms with Crippen molar-refractivity contribution in [2.24, 2.45) is 0 Å². The van der Waals surface area contributed by atoms with E-state index in [1.54, 1.807) is 67.6 Å². The summed E-state index contributed by atoms with van der Waals surface area (Å²) >= 11 is 18.6. The van der Waals surface area contributed by atoms with E-state index in [-0.39, 0.29) is 28.6 Å². The fourth-order valence-corrected chi connectivity index (χ4v) is 5.40. The second-order valence-corrected chi connectivity index (χ2v) is 10.9. The van der Waals surface area contributed by atoms with Crippen molar-refractivity contribution in [3.8, 4) is 0 Å². The lowest BCUT2D eigenvalue weighted by Gasteiger charge is -2.27. The van der Waals surface area contributed by atoms with Crippen LogP contribution in [0.4, 0.5) is 5.69 Å². The maximum absolute atomic E-state index is 13.2. The molecule has 1 atom stereocenters. The molecule has 0 unspecified atom stereocenters. The molecule has 1 aliphatic rings. The number of nitrogens with zero attached hydrogens (tertiary/aromatic N) is 1. The van der Waals surface area contributed by atoms with Gasteiger partial charge in [0.2, 0.25) is 0 Å². The molecule has 1 fully saturated rings. The Morgan fingerprint density at radius 3 is 2.12 bits per heavy atom. The fraction of sp³-hybridized carbons (Fsp3) is 0.300. The summed E-state index contributed by atoms with van der Waals surface area (Å²) in [7, 11) is 0. The van der Waals surface area contributed by atoms with Crippen molar-refractivity contribution in [2.75, 3.05) is 44.6 Å². The van der Waals surface area contributed by atoms with Crippen LogP contribution in [0, 0.1) is 6.92 Å². The zero-order valence-corrected chi connectivity index (χ0v) is 24.8. The lowest BCUT2D eigenvalue weighted by Crippen LogP contribution is -2.46. The molecule has 1 saturated heterocycles. The minimum atomic E-state index is -0.955. The first-order chi connectivity index (χ1) is 19.7. The Morgan fingerprint density at radius 2 is 1.49 bits per heavy atom. The van der Waals surface area contributed by atoms with Crippen LogP contribution in [0.3, 0.4) is 0 Å². The van der Waals surface area contributed by atoms with Gasteiger partial charge in [-0.15, -0.1) is 0 Å². The van der Waals surface area contributed by atoms with E-state index >= 15 is 0 Å². The monoisotopic (exact) mass is 616 g/mol. The Bertz CT molecular complexity index is 1350. The van der Waals surface area contributed by atoms with Crippen molar-refractivity contribution in [3.05, 3.63) is 98.0 Å². The predicted molar refractivity (Wildman–Crippen MR) is 162 cm³/mol. The van der Waals surface area contributed by atoms with Crippen molar-refractivity contribution in [2.45, 2.75) is 19.4 Å². The molecule has 8 nitrogen and oxygen atoms in total. The fourth-order valence-electron chi connectivity index (χ4n) is 4.52. The van der Waals surface area contributed by atoms with Gasteiger partial charge in [-0.25, -0.2) is 4.79 Å². The molecule has 0 aromatic heterocycles. The molecule has 4 rings (SSSR count). The van der Waals surface area contributed by atoms with Crippen LogP contribution in [-0.4, -0.2) is 68.1 Å². The highest BCUT2D eigenvalue weighted by Gasteiger charge is 2.26. The zero-order valence-electron chi connectivity index (χ0n) is 22.5. The number of carbonyl (C=O) groups is 3. The summed E-state index contributed by atoms with van der Waals surface area (Å²) in [6.07, 6.45) is 0.173. The third-order valence-corrected chi connectivity index (χ3v) is 7.69. The Balaban J connectivity index is 1.45. The number of hydrogen-bond acceptors (Lipinski definition) is 6. The first-order valence-electron chi connectivity index (χ1n) is 13.2. The van der Waals surface area contributed by atoms with E-state index in [2.05, 4.69) is 20.9 Å². The van der Waals surface area contributed by atoms with Gasteiger partial charge in [0, 0.05) is 44.8 Å². The molecule has 3 aromatic carbocycles. The van der Waals surface area contributed by atoms with Gasteiger partial charge in [0.05, 0.1) is 26.2 Å². The maximum Gasteiger partial charge on any atom is 0.329 e. The molecule has 216 valence electrons. The van der Waals surface area contributed by atoms with Gasteiger partial charge in [-0.2, -0.15) is 0 Å².